The molecule has 0 bridgehead atoms. The molecule has 0 saturated heterocycles. The first-order chi connectivity index (χ1) is 12.8. The zero-order valence-electron chi connectivity index (χ0n) is 17.1. The van der Waals surface area contributed by atoms with Crippen molar-refractivity contribution in [3.05, 3.63) is 30.3 Å². The predicted octanol–water partition coefficient (Wildman–Crippen LogP) is 7.90. The summed E-state index contributed by atoms with van der Waals surface area (Å²) in [5.41, 5.74) is 0. The molecule has 0 aliphatic rings. The molecule has 0 N–H and O–H groups in total. The monoisotopic (exact) mass is 382 g/mol. The molecule has 4 heteroatoms. The van der Waals surface area contributed by atoms with Gasteiger partial charge in [0.1, 0.15) is 5.75 Å². The van der Waals surface area contributed by atoms with Crippen LogP contribution in [0.1, 0.15) is 85.0 Å². The van der Waals surface area contributed by atoms with E-state index in [2.05, 4.69) is 20.8 Å². The SMILES string of the molecule is CCCCCCCCOP(OC[C@H](CC)CCCC)Oc1ccccc1. The van der Waals surface area contributed by atoms with E-state index in [4.69, 9.17) is 13.6 Å². The van der Waals surface area contributed by atoms with Crippen molar-refractivity contribution >= 4 is 8.60 Å². The molecule has 0 radical (unpaired) electrons. The normalized spacial score (nSPS) is 13.5. The smallest absolute Gasteiger partial charge is 0.397 e. The molecule has 0 heterocycles. The van der Waals surface area contributed by atoms with Crippen molar-refractivity contribution in [2.24, 2.45) is 5.92 Å². The summed E-state index contributed by atoms with van der Waals surface area (Å²) in [7, 11) is -1.32. The van der Waals surface area contributed by atoms with Gasteiger partial charge in [0.05, 0.1) is 13.2 Å². The van der Waals surface area contributed by atoms with E-state index in [1.54, 1.807) is 0 Å². The number of hydrogen-bond donors (Lipinski definition) is 0. The molecule has 3 nitrogen and oxygen atoms in total. The van der Waals surface area contributed by atoms with Gasteiger partial charge in [-0.1, -0.05) is 90.3 Å². The summed E-state index contributed by atoms with van der Waals surface area (Å²) in [4.78, 5) is 0. The van der Waals surface area contributed by atoms with Crippen LogP contribution in [0.4, 0.5) is 0 Å². The minimum absolute atomic E-state index is 0.594. The number of hydrogen-bond acceptors (Lipinski definition) is 3. The van der Waals surface area contributed by atoms with Crippen molar-refractivity contribution in [1.82, 2.24) is 0 Å². The molecule has 0 saturated carbocycles. The van der Waals surface area contributed by atoms with E-state index in [1.165, 1.54) is 51.4 Å². The highest BCUT2D eigenvalue weighted by Gasteiger charge is 2.17. The van der Waals surface area contributed by atoms with E-state index >= 15 is 0 Å². The molecule has 26 heavy (non-hydrogen) atoms. The summed E-state index contributed by atoms with van der Waals surface area (Å²) in [5, 5.41) is 0. The highest BCUT2D eigenvalue weighted by atomic mass is 31.2. The summed E-state index contributed by atoms with van der Waals surface area (Å²) in [6.45, 7) is 8.17. The van der Waals surface area contributed by atoms with Crippen LogP contribution in [0.3, 0.4) is 0 Å². The Balaban J connectivity index is 2.37. The molecule has 0 aromatic heterocycles. The van der Waals surface area contributed by atoms with Crippen molar-refractivity contribution in [1.29, 1.82) is 0 Å². The lowest BCUT2D eigenvalue weighted by Crippen LogP contribution is -2.09. The van der Waals surface area contributed by atoms with E-state index in [0.717, 1.165) is 31.8 Å². The van der Waals surface area contributed by atoms with Gasteiger partial charge in [-0.3, -0.25) is 0 Å². The highest BCUT2D eigenvalue weighted by Crippen LogP contribution is 2.41. The topological polar surface area (TPSA) is 27.7 Å². The molecule has 1 unspecified atom stereocenters. The van der Waals surface area contributed by atoms with E-state index in [1.807, 2.05) is 30.3 Å². The fourth-order valence-electron chi connectivity index (χ4n) is 2.74. The van der Waals surface area contributed by atoms with Crippen LogP contribution >= 0.6 is 8.60 Å². The lowest BCUT2D eigenvalue weighted by atomic mass is 10.0. The summed E-state index contributed by atoms with van der Waals surface area (Å²) >= 11 is 0. The van der Waals surface area contributed by atoms with E-state index in [-0.39, 0.29) is 0 Å². The Kier molecular flexibility index (Phi) is 14.9. The summed E-state index contributed by atoms with van der Waals surface area (Å²) in [5.74, 6) is 1.42. The van der Waals surface area contributed by atoms with Gasteiger partial charge in [-0.25, -0.2) is 0 Å². The Morgan fingerprint density at radius 1 is 0.808 bits per heavy atom. The largest absolute Gasteiger partial charge is 0.427 e. The third-order valence-electron chi connectivity index (χ3n) is 4.58. The molecular formula is C22H39O3P. The van der Waals surface area contributed by atoms with E-state index in [0.29, 0.717) is 5.92 Å². The summed E-state index contributed by atoms with van der Waals surface area (Å²) < 4.78 is 18.0. The maximum atomic E-state index is 6.06. The molecule has 0 spiro atoms. The van der Waals surface area contributed by atoms with Gasteiger partial charge in [0.15, 0.2) is 0 Å². The standard InChI is InChI=1S/C22H39O3P/c1-4-7-9-10-11-15-19-23-26(25-22-17-13-12-14-18-22)24-20-21(6-3)16-8-5-2/h12-14,17-18,21H,4-11,15-16,19-20H2,1-3H3/t21-,26?/m1/s1. The van der Waals surface area contributed by atoms with Gasteiger partial charge in [-0.05, 0) is 30.9 Å². The maximum Gasteiger partial charge on any atom is 0.397 e. The quantitative estimate of drug-likeness (QED) is 0.202. The lowest BCUT2D eigenvalue weighted by molar-refractivity contribution is 0.170. The van der Waals surface area contributed by atoms with E-state index in [9.17, 15) is 0 Å². The second-order valence-corrected chi connectivity index (χ2v) is 8.09. The highest BCUT2D eigenvalue weighted by molar-refractivity contribution is 7.42. The van der Waals surface area contributed by atoms with Gasteiger partial charge in [0.2, 0.25) is 0 Å². The average molecular weight is 383 g/mol. The average Bonchev–Trinajstić information content (AvgIpc) is 2.68. The van der Waals surface area contributed by atoms with Crippen LogP contribution in [0.2, 0.25) is 0 Å². The van der Waals surface area contributed by atoms with Crippen LogP contribution in [0.5, 0.6) is 5.75 Å². The first-order valence-corrected chi connectivity index (χ1v) is 11.7. The van der Waals surface area contributed by atoms with Gasteiger partial charge in [0, 0.05) is 0 Å². The van der Waals surface area contributed by atoms with E-state index < -0.39 is 8.60 Å². The summed E-state index contributed by atoms with van der Waals surface area (Å²) in [6.07, 6.45) is 12.4. The van der Waals surface area contributed by atoms with Crippen molar-refractivity contribution in [2.45, 2.75) is 85.0 Å². The summed E-state index contributed by atoms with van der Waals surface area (Å²) in [6, 6.07) is 9.87. The maximum absolute atomic E-state index is 6.06. The second kappa shape index (κ2) is 16.5. The van der Waals surface area contributed by atoms with Crippen molar-refractivity contribution in [3.8, 4) is 5.75 Å². The number of benzene rings is 1. The van der Waals surface area contributed by atoms with Crippen LogP contribution in [-0.4, -0.2) is 13.2 Å². The zero-order chi connectivity index (χ0) is 18.9. The van der Waals surface area contributed by atoms with Gasteiger partial charge < -0.3 is 13.6 Å². The molecule has 1 aromatic rings. The molecule has 0 aliphatic heterocycles. The number of rotatable bonds is 17. The molecule has 150 valence electrons. The van der Waals surface area contributed by atoms with Crippen molar-refractivity contribution < 1.29 is 13.6 Å². The molecule has 0 aliphatic carbocycles. The molecular weight excluding hydrogens is 343 g/mol. The molecule has 0 amide bonds. The van der Waals surface area contributed by atoms with Gasteiger partial charge >= 0.3 is 8.60 Å². The van der Waals surface area contributed by atoms with Crippen molar-refractivity contribution in [3.63, 3.8) is 0 Å². The Labute approximate surface area is 162 Å². The number of para-hydroxylation sites is 1. The Morgan fingerprint density at radius 3 is 2.19 bits per heavy atom. The molecule has 2 atom stereocenters. The van der Waals surface area contributed by atoms with Crippen LogP contribution in [0, 0.1) is 5.92 Å². The van der Waals surface area contributed by atoms with Gasteiger partial charge in [0.25, 0.3) is 0 Å². The van der Waals surface area contributed by atoms with Gasteiger partial charge in [-0.15, -0.1) is 0 Å². The Morgan fingerprint density at radius 2 is 1.50 bits per heavy atom. The van der Waals surface area contributed by atoms with Crippen LogP contribution < -0.4 is 4.52 Å². The minimum atomic E-state index is -1.32. The van der Waals surface area contributed by atoms with Crippen molar-refractivity contribution in [2.75, 3.05) is 13.2 Å². The van der Waals surface area contributed by atoms with Crippen LogP contribution in [-0.2, 0) is 9.05 Å². The molecule has 1 rings (SSSR count). The Bertz CT molecular complexity index is 413. The van der Waals surface area contributed by atoms with Gasteiger partial charge in [-0.2, -0.15) is 0 Å². The minimum Gasteiger partial charge on any atom is -0.427 e. The fourth-order valence-corrected chi connectivity index (χ4v) is 3.83. The molecule has 1 aromatic carbocycles. The first-order valence-electron chi connectivity index (χ1n) is 10.6. The third kappa shape index (κ3) is 11.9. The predicted molar refractivity (Wildman–Crippen MR) is 113 cm³/mol. The lowest BCUT2D eigenvalue weighted by Gasteiger charge is -2.20. The fraction of sp³-hybridized carbons (Fsp3) is 0.727. The molecule has 0 fully saturated rings. The zero-order valence-corrected chi connectivity index (χ0v) is 18.0. The first kappa shape index (κ1) is 23.4. The van der Waals surface area contributed by atoms with Crippen LogP contribution in [0.15, 0.2) is 30.3 Å². The second-order valence-electron chi connectivity index (χ2n) is 6.94. The Hall–Kier alpha value is -0.630. The third-order valence-corrected chi connectivity index (χ3v) is 5.69. The number of unbranched alkanes of at least 4 members (excludes halogenated alkanes) is 6. The van der Waals surface area contributed by atoms with Crippen LogP contribution in [0.25, 0.3) is 0 Å².